The molecular formula is C19H30ClNO2. The Morgan fingerprint density at radius 2 is 1.91 bits per heavy atom. The van der Waals surface area contributed by atoms with E-state index in [1.165, 1.54) is 11.1 Å². The first kappa shape index (κ1) is 18.7. The summed E-state index contributed by atoms with van der Waals surface area (Å²) in [5.41, 5.74) is 3.04. The summed E-state index contributed by atoms with van der Waals surface area (Å²) >= 11 is 6.55. The molecule has 0 spiro atoms. The van der Waals surface area contributed by atoms with Crippen LogP contribution in [0, 0.1) is 0 Å². The Bertz CT molecular complexity index is 559. The minimum absolute atomic E-state index is 0.149. The van der Waals surface area contributed by atoms with Crippen molar-refractivity contribution in [1.29, 1.82) is 0 Å². The largest absolute Gasteiger partial charge is 0.361 e. The molecule has 2 atom stereocenters. The van der Waals surface area contributed by atoms with Gasteiger partial charge in [0.15, 0.2) is 0 Å². The van der Waals surface area contributed by atoms with Crippen LogP contribution in [0.2, 0.25) is 5.02 Å². The number of nitrogens with one attached hydrogen (secondary N) is 1. The SMILES string of the molecule is CCCc1cc(C2(O)OCC(C)(C)NC2C)cc(Cl)c1CCC. The zero-order valence-electron chi connectivity index (χ0n) is 15.0. The molecule has 3 nitrogen and oxygen atoms in total. The second-order valence-corrected chi connectivity index (χ2v) is 7.74. The quantitative estimate of drug-likeness (QED) is 0.845. The fraction of sp³-hybridized carbons (Fsp3) is 0.684. The molecule has 2 unspecified atom stereocenters. The van der Waals surface area contributed by atoms with Crippen molar-refractivity contribution < 1.29 is 9.84 Å². The predicted octanol–water partition coefficient (Wildman–Crippen LogP) is 4.18. The van der Waals surface area contributed by atoms with Gasteiger partial charge in [0, 0.05) is 16.1 Å². The van der Waals surface area contributed by atoms with Gasteiger partial charge in [-0.2, -0.15) is 0 Å². The molecule has 1 heterocycles. The van der Waals surface area contributed by atoms with Crippen molar-refractivity contribution in [2.45, 2.75) is 77.7 Å². The lowest BCUT2D eigenvalue weighted by molar-refractivity contribution is -0.263. The lowest BCUT2D eigenvalue weighted by Gasteiger charge is -2.46. The van der Waals surface area contributed by atoms with Gasteiger partial charge in [0.1, 0.15) is 0 Å². The average molecular weight is 340 g/mol. The number of hydrogen-bond acceptors (Lipinski definition) is 3. The van der Waals surface area contributed by atoms with Gasteiger partial charge in [-0.1, -0.05) is 38.3 Å². The number of ether oxygens (including phenoxy) is 1. The Balaban J connectivity index is 2.43. The second-order valence-electron chi connectivity index (χ2n) is 7.33. The van der Waals surface area contributed by atoms with Gasteiger partial charge < -0.3 is 15.2 Å². The molecule has 1 fully saturated rings. The maximum absolute atomic E-state index is 11.1. The van der Waals surface area contributed by atoms with Crippen LogP contribution in [0.15, 0.2) is 12.1 Å². The number of hydrogen-bond donors (Lipinski definition) is 2. The number of aliphatic hydroxyl groups is 1. The maximum atomic E-state index is 11.1. The predicted molar refractivity (Wildman–Crippen MR) is 96.0 cm³/mol. The van der Waals surface area contributed by atoms with E-state index >= 15 is 0 Å². The van der Waals surface area contributed by atoms with E-state index in [1.807, 2.05) is 13.0 Å². The van der Waals surface area contributed by atoms with E-state index in [-0.39, 0.29) is 11.6 Å². The summed E-state index contributed by atoms with van der Waals surface area (Å²) in [6, 6.07) is 3.74. The van der Waals surface area contributed by atoms with E-state index in [0.717, 1.165) is 36.3 Å². The zero-order chi connectivity index (χ0) is 17.3. The first-order chi connectivity index (χ1) is 10.7. The van der Waals surface area contributed by atoms with Crippen molar-refractivity contribution in [3.05, 3.63) is 33.8 Å². The topological polar surface area (TPSA) is 41.5 Å². The molecule has 1 aliphatic rings. The summed E-state index contributed by atoms with van der Waals surface area (Å²) in [6.45, 7) is 10.9. The average Bonchev–Trinajstić information content (AvgIpc) is 2.46. The molecule has 0 aromatic heterocycles. The van der Waals surface area contributed by atoms with Gasteiger partial charge in [-0.3, -0.25) is 0 Å². The van der Waals surface area contributed by atoms with Crippen molar-refractivity contribution >= 4 is 11.6 Å². The van der Waals surface area contributed by atoms with E-state index in [9.17, 15) is 5.11 Å². The Hall–Kier alpha value is -0.610. The van der Waals surface area contributed by atoms with E-state index < -0.39 is 5.79 Å². The second kappa shape index (κ2) is 7.10. The van der Waals surface area contributed by atoms with Gasteiger partial charge in [0.2, 0.25) is 5.79 Å². The number of benzene rings is 1. The van der Waals surface area contributed by atoms with E-state index in [4.69, 9.17) is 16.3 Å². The molecule has 1 aromatic carbocycles. The van der Waals surface area contributed by atoms with Crippen molar-refractivity contribution in [3.8, 4) is 0 Å². The standard InChI is InChI=1S/C19H30ClNO2/c1-6-8-14-10-15(11-17(20)16(14)9-7-2)19(22)13(3)21-18(4,5)12-23-19/h10-11,13,21-22H,6-9,12H2,1-5H3. The summed E-state index contributed by atoms with van der Waals surface area (Å²) in [6.07, 6.45) is 4.04. The third-order valence-electron chi connectivity index (χ3n) is 4.57. The Morgan fingerprint density at radius 3 is 2.48 bits per heavy atom. The van der Waals surface area contributed by atoms with Crippen LogP contribution in [0.1, 0.15) is 64.2 Å². The highest BCUT2D eigenvalue weighted by Crippen LogP contribution is 2.36. The van der Waals surface area contributed by atoms with E-state index in [1.54, 1.807) is 0 Å². The van der Waals surface area contributed by atoms with E-state index in [2.05, 4.69) is 39.1 Å². The summed E-state index contributed by atoms with van der Waals surface area (Å²) in [5.74, 6) is -1.34. The number of halogens is 1. The minimum atomic E-state index is -1.34. The Morgan fingerprint density at radius 1 is 1.26 bits per heavy atom. The fourth-order valence-corrected chi connectivity index (χ4v) is 3.73. The molecule has 1 aliphatic heterocycles. The zero-order valence-corrected chi connectivity index (χ0v) is 15.8. The first-order valence-corrected chi connectivity index (χ1v) is 9.07. The van der Waals surface area contributed by atoms with Crippen molar-refractivity contribution in [1.82, 2.24) is 5.32 Å². The van der Waals surface area contributed by atoms with Gasteiger partial charge in [0.05, 0.1) is 12.6 Å². The third kappa shape index (κ3) is 3.90. The molecule has 0 aliphatic carbocycles. The van der Waals surface area contributed by atoms with Crippen molar-refractivity contribution in [2.75, 3.05) is 6.61 Å². The molecule has 0 amide bonds. The molecule has 0 saturated carbocycles. The maximum Gasteiger partial charge on any atom is 0.208 e. The Kier molecular flexibility index (Phi) is 5.78. The van der Waals surface area contributed by atoms with Crippen LogP contribution in [-0.2, 0) is 23.4 Å². The highest BCUT2D eigenvalue weighted by molar-refractivity contribution is 6.31. The molecule has 0 bridgehead atoms. The van der Waals surface area contributed by atoms with Gasteiger partial charge in [-0.25, -0.2) is 0 Å². The number of morpholine rings is 1. The fourth-order valence-electron chi connectivity index (χ4n) is 3.40. The Labute approximate surface area is 145 Å². The van der Waals surface area contributed by atoms with Gasteiger partial charge in [-0.05, 0) is 56.9 Å². The first-order valence-electron chi connectivity index (χ1n) is 8.69. The minimum Gasteiger partial charge on any atom is -0.361 e. The monoisotopic (exact) mass is 339 g/mol. The van der Waals surface area contributed by atoms with Crippen LogP contribution >= 0.6 is 11.6 Å². The van der Waals surface area contributed by atoms with Gasteiger partial charge in [-0.15, -0.1) is 0 Å². The summed E-state index contributed by atoms with van der Waals surface area (Å²) < 4.78 is 5.90. The molecule has 4 heteroatoms. The van der Waals surface area contributed by atoms with Crippen LogP contribution < -0.4 is 5.32 Å². The van der Waals surface area contributed by atoms with Crippen LogP contribution in [0.4, 0.5) is 0 Å². The molecular weight excluding hydrogens is 310 g/mol. The highest BCUT2D eigenvalue weighted by Gasteiger charge is 2.45. The van der Waals surface area contributed by atoms with Gasteiger partial charge >= 0.3 is 0 Å². The molecule has 0 radical (unpaired) electrons. The van der Waals surface area contributed by atoms with Crippen LogP contribution in [0.3, 0.4) is 0 Å². The normalized spacial score (nSPS) is 27.2. The van der Waals surface area contributed by atoms with Crippen LogP contribution in [0.25, 0.3) is 0 Å². The van der Waals surface area contributed by atoms with Crippen molar-refractivity contribution in [3.63, 3.8) is 0 Å². The summed E-state index contributed by atoms with van der Waals surface area (Å²) in [4.78, 5) is 0. The number of rotatable bonds is 5. The lowest BCUT2D eigenvalue weighted by atomic mass is 9.89. The molecule has 1 aromatic rings. The third-order valence-corrected chi connectivity index (χ3v) is 4.91. The molecule has 1 saturated heterocycles. The van der Waals surface area contributed by atoms with Crippen LogP contribution in [-0.4, -0.2) is 23.3 Å². The number of aryl methyl sites for hydroxylation is 1. The molecule has 2 N–H and O–H groups in total. The van der Waals surface area contributed by atoms with Gasteiger partial charge in [0.25, 0.3) is 0 Å². The summed E-state index contributed by atoms with van der Waals surface area (Å²) in [5, 5.41) is 15.3. The molecule has 2 rings (SSSR count). The van der Waals surface area contributed by atoms with Crippen molar-refractivity contribution in [2.24, 2.45) is 0 Å². The smallest absolute Gasteiger partial charge is 0.208 e. The van der Waals surface area contributed by atoms with E-state index in [0.29, 0.717) is 6.61 Å². The summed E-state index contributed by atoms with van der Waals surface area (Å²) in [7, 11) is 0. The van der Waals surface area contributed by atoms with Crippen LogP contribution in [0.5, 0.6) is 0 Å². The highest BCUT2D eigenvalue weighted by atomic mass is 35.5. The lowest BCUT2D eigenvalue weighted by Crippen LogP contribution is -2.63. The molecule has 130 valence electrons. The molecule has 23 heavy (non-hydrogen) atoms.